The molecule has 0 amide bonds. The van der Waals surface area contributed by atoms with Gasteiger partial charge in [0, 0.05) is 24.4 Å². The Labute approximate surface area is 188 Å². The molecule has 3 nitrogen and oxygen atoms in total. The first kappa shape index (κ1) is 21.3. The van der Waals surface area contributed by atoms with Crippen molar-refractivity contribution in [2.24, 2.45) is 5.41 Å². The van der Waals surface area contributed by atoms with Crippen molar-refractivity contribution in [2.75, 3.05) is 26.2 Å². The summed E-state index contributed by atoms with van der Waals surface area (Å²) in [5.74, 6) is 3.17. The fourth-order valence-corrected chi connectivity index (χ4v) is 7.14. The molecule has 2 fully saturated rings. The van der Waals surface area contributed by atoms with Crippen molar-refractivity contribution in [1.29, 1.82) is 0 Å². The Morgan fingerprint density at radius 3 is 2.90 bits per heavy atom. The van der Waals surface area contributed by atoms with E-state index in [2.05, 4.69) is 53.3 Å². The van der Waals surface area contributed by atoms with E-state index in [1.54, 1.807) is 5.56 Å². The first-order valence-electron chi connectivity index (χ1n) is 12.8. The van der Waals surface area contributed by atoms with Gasteiger partial charge in [-0.2, -0.15) is 0 Å². The smallest absolute Gasteiger partial charge is 0.125 e. The van der Waals surface area contributed by atoms with Gasteiger partial charge in [0.1, 0.15) is 11.5 Å². The molecule has 1 spiro atoms. The molecular formula is C28H40N2O. The number of allylic oxidation sites excluding steroid dienone is 3. The summed E-state index contributed by atoms with van der Waals surface area (Å²) in [5, 5.41) is 0. The fourth-order valence-electron chi connectivity index (χ4n) is 7.14. The van der Waals surface area contributed by atoms with Crippen molar-refractivity contribution in [1.82, 2.24) is 9.80 Å². The van der Waals surface area contributed by atoms with Gasteiger partial charge in [0.25, 0.3) is 0 Å². The molecule has 2 saturated heterocycles. The van der Waals surface area contributed by atoms with E-state index in [9.17, 15) is 0 Å². The highest BCUT2D eigenvalue weighted by molar-refractivity contribution is 5.42. The Morgan fingerprint density at radius 2 is 2.03 bits per heavy atom. The molecule has 168 valence electrons. The standard InChI is InChI=1S/C28H40N2O/c1-3-5-6-13-17-30-22(4-2)20-28-21-29-16-12-10-8-7-9-11-14-23-19-24(25(28)15-18-29)26(31-23)27(28)30/h3-4,7,9,19,22,25,27H,1-2,5-6,8,10-18,20-21H2. The molecule has 1 aromatic rings. The minimum atomic E-state index is 0.306. The van der Waals surface area contributed by atoms with Crippen LogP contribution < -0.4 is 0 Å². The topological polar surface area (TPSA) is 19.6 Å². The number of hydrogen-bond acceptors (Lipinski definition) is 3. The Morgan fingerprint density at radius 1 is 1.13 bits per heavy atom. The van der Waals surface area contributed by atoms with Gasteiger partial charge in [-0.3, -0.25) is 4.90 Å². The summed E-state index contributed by atoms with van der Waals surface area (Å²) < 4.78 is 6.70. The van der Waals surface area contributed by atoms with Crippen LogP contribution in [0.5, 0.6) is 0 Å². The predicted octanol–water partition coefficient (Wildman–Crippen LogP) is 6.40. The molecule has 6 bridgehead atoms. The minimum absolute atomic E-state index is 0.306. The second-order valence-electron chi connectivity index (χ2n) is 10.3. The lowest BCUT2D eigenvalue weighted by molar-refractivity contribution is 0.0365. The number of unbranched alkanes of at least 4 members (excludes halogenated alkanes) is 2. The van der Waals surface area contributed by atoms with Gasteiger partial charge < -0.3 is 9.32 Å². The molecule has 4 aliphatic heterocycles. The van der Waals surface area contributed by atoms with Gasteiger partial charge in [0.15, 0.2) is 0 Å². The zero-order valence-corrected chi connectivity index (χ0v) is 19.2. The van der Waals surface area contributed by atoms with Crippen LogP contribution in [0.4, 0.5) is 0 Å². The number of aryl methyl sites for hydroxylation is 1. The maximum Gasteiger partial charge on any atom is 0.125 e. The molecule has 5 atom stereocenters. The monoisotopic (exact) mass is 420 g/mol. The molecule has 0 radical (unpaired) electrons. The number of fused-ring (bicyclic) bond motifs is 7. The highest BCUT2D eigenvalue weighted by Crippen LogP contribution is 2.66. The zero-order chi connectivity index (χ0) is 21.3. The highest BCUT2D eigenvalue weighted by Gasteiger charge is 2.64. The molecule has 5 unspecified atom stereocenters. The van der Waals surface area contributed by atoms with Crippen molar-refractivity contribution >= 4 is 0 Å². The summed E-state index contributed by atoms with van der Waals surface area (Å²) in [7, 11) is 0. The van der Waals surface area contributed by atoms with E-state index in [0.717, 1.165) is 25.8 Å². The van der Waals surface area contributed by atoms with Crippen molar-refractivity contribution in [3.63, 3.8) is 0 Å². The van der Waals surface area contributed by atoms with Crippen LogP contribution in [-0.4, -0.2) is 42.0 Å². The predicted molar refractivity (Wildman–Crippen MR) is 128 cm³/mol. The molecular weight excluding hydrogens is 380 g/mol. The molecule has 6 rings (SSSR count). The van der Waals surface area contributed by atoms with Crippen LogP contribution in [-0.2, 0) is 6.42 Å². The molecule has 1 aliphatic carbocycles. The van der Waals surface area contributed by atoms with E-state index in [4.69, 9.17) is 4.42 Å². The lowest BCUT2D eigenvalue weighted by Crippen LogP contribution is -2.47. The van der Waals surface area contributed by atoms with E-state index in [0.29, 0.717) is 23.4 Å². The van der Waals surface area contributed by atoms with Gasteiger partial charge >= 0.3 is 0 Å². The van der Waals surface area contributed by atoms with E-state index < -0.39 is 0 Å². The van der Waals surface area contributed by atoms with Crippen molar-refractivity contribution < 1.29 is 4.42 Å². The van der Waals surface area contributed by atoms with Gasteiger partial charge in [0.05, 0.1) is 6.04 Å². The van der Waals surface area contributed by atoms with E-state index in [1.807, 2.05) is 0 Å². The third-order valence-corrected chi connectivity index (χ3v) is 8.47. The van der Waals surface area contributed by atoms with Gasteiger partial charge in [-0.25, -0.2) is 0 Å². The SMILES string of the molecule is C=CCCCCN1C(C=C)CC23CN4CCCCC=CCCc5cc(c(o5)C12)C3CC4. The minimum Gasteiger partial charge on any atom is -0.464 e. The van der Waals surface area contributed by atoms with Gasteiger partial charge in [-0.05, 0) is 95.0 Å². The molecule has 5 heterocycles. The first-order valence-corrected chi connectivity index (χ1v) is 12.8. The molecule has 0 N–H and O–H groups in total. The average Bonchev–Trinajstić information content (AvgIpc) is 3.37. The van der Waals surface area contributed by atoms with Gasteiger partial charge in [-0.15, -0.1) is 13.2 Å². The number of likely N-dealkylation sites (tertiary alicyclic amines) is 1. The summed E-state index contributed by atoms with van der Waals surface area (Å²) in [5.41, 5.74) is 1.86. The molecule has 31 heavy (non-hydrogen) atoms. The van der Waals surface area contributed by atoms with Crippen LogP contribution in [0.1, 0.15) is 86.8 Å². The van der Waals surface area contributed by atoms with Crippen LogP contribution in [0.3, 0.4) is 0 Å². The number of hydrogen-bond donors (Lipinski definition) is 0. The highest BCUT2D eigenvalue weighted by atomic mass is 16.3. The van der Waals surface area contributed by atoms with Crippen LogP contribution >= 0.6 is 0 Å². The maximum atomic E-state index is 6.70. The Bertz CT molecular complexity index is 823. The summed E-state index contributed by atoms with van der Waals surface area (Å²) in [6.07, 6.45) is 21.1. The van der Waals surface area contributed by atoms with Crippen molar-refractivity contribution in [2.45, 2.75) is 82.2 Å². The molecule has 5 aliphatic rings. The van der Waals surface area contributed by atoms with Crippen LogP contribution in [0.2, 0.25) is 0 Å². The third kappa shape index (κ3) is 3.78. The quantitative estimate of drug-likeness (QED) is 0.392. The zero-order valence-electron chi connectivity index (χ0n) is 19.2. The lowest BCUT2D eigenvalue weighted by atomic mass is 9.68. The molecule has 0 aromatic carbocycles. The summed E-state index contributed by atoms with van der Waals surface area (Å²) in [4.78, 5) is 5.55. The Hall–Kier alpha value is -1.58. The summed E-state index contributed by atoms with van der Waals surface area (Å²) >= 11 is 0. The number of piperidine rings is 1. The van der Waals surface area contributed by atoms with E-state index in [-0.39, 0.29) is 0 Å². The van der Waals surface area contributed by atoms with Gasteiger partial charge in [-0.1, -0.05) is 24.3 Å². The van der Waals surface area contributed by atoms with Crippen molar-refractivity contribution in [3.05, 3.63) is 60.6 Å². The normalized spacial score (nSPS) is 35.1. The van der Waals surface area contributed by atoms with E-state index in [1.165, 1.54) is 76.1 Å². The number of rotatable bonds is 6. The second kappa shape index (κ2) is 9.11. The third-order valence-electron chi connectivity index (χ3n) is 8.47. The summed E-state index contributed by atoms with van der Waals surface area (Å²) in [6.45, 7) is 13.0. The molecule has 1 aromatic heterocycles. The Balaban J connectivity index is 1.50. The fraction of sp³-hybridized carbons (Fsp3) is 0.643. The number of nitrogens with zero attached hydrogens (tertiary/aromatic N) is 2. The Kier molecular flexibility index (Phi) is 6.25. The van der Waals surface area contributed by atoms with Gasteiger partial charge in [0.2, 0.25) is 0 Å². The lowest BCUT2D eigenvalue weighted by Gasteiger charge is -2.45. The second-order valence-corrected chi connectivity index (χ2v) is 10.3. The van der Waals surface area contributed by atoms with Crippen molar-refractivity contribution in [3.8, 4) is 0 Å². The van der Waals surface area contributed by atoms with Crippen LogP contribution in [0.15, 0.2) is 47.9 Å². The van der Waals surface area contributed by atoms with E-state index >= 15 is 0 Å². The van der Waals surface area contributed by atoms with Crippen LogP contribution in [0.25, 0.3) is 0 Å². The summed E-state index contributed by atoms with van der Waals surface area (Å²) in [6, 6.07) is 3.35. The van der Waals surface area contributed by atoms with Crippen LogP contribution in [0, 0.1) is 5.41 Å². The first-order chi connectivity index (χ1) is 15.3. The molecule has 0 saturated carbocycles. The molecule has 3 heteroatoms. The maximum absolute atomic E-state index is 6.70. The number of furan rings is 1. The average molecular weight is 421 g/mol. The largest absolute Gasteiger partial charge is 0.464 e.